The van der Waals surface area contributed by atoms with Crippen LogP contribution >= 0.6 is 0 Å². The second-order valence-corrected chi connectivity index (χ2v) is 15.0. The average molecular weight is 671 g/mol. The van der Waals surface area contributed by atoms with Crippen LogP contribution in [0.25, 0.3) is 27.5 Å². The lowest BCUT2D eigenvalue weighted by Crippen LogP contribution is -2.59. The number of hydrogen-bond donors (Lipinski definition) is 0. The molecule has 246 valence electrons. The van der Waals surface area contributed by atoms with Crippen LogP contribution < -0.4 is 35.5 Å². The zero-order valence-corrected chi connectivity index (χ0v) is 28.9. The fourth-order valence-electron chi connectivity index (χ4n) is 9.51. The van der Waals surface area contributed by atoms with Crippen LogP contribution in [-0.4, -0.2) is 11.3 Å². The molecule has 7 aromatic carbocycles. The summed E-state index contributed by atoms with van der Waals surface area (Å²) in [6.45, 7) is 6.92. The molecular weight excluding hydrogens is 639 g/mol. The minimum absolute atomic E-state index is 0.0311. The topological polar surface area (TPSA) is 35.9 Å². The molecule has 1 aromatic heterocycles. The van der Waals surface area contributed by atoms with Crippen molar-refractivity contribution in [3.63, 3.8) is 0 Å². The van der Waals surface area contributed by atoms with Crippen LogP contribution in [0.1, 0.15) is 30.5 Å². The summed E-state index contributed by atoms with van der Waals surface area (Å²) in [6.07, 6.45) is 0. The van der Waals surface area contributed by atoms with Crippen LogP contribution in [0.2, 0.25) is 0 Å². The molecule has 0 atom stereocenters. The molecule has 0 saturated heterocycles. The van der Waals surface area contributed by atoms with Gasteiger partial charge in [0.15, 0.2) is 0 Å². The smallest absolute Gasteiger partial charge is 0.270 e. The Morgan fingerprint density at radius 1 is 0.519 bits per heavy atom. The van der Waals surface area contributed by atoms with Gasteiger partial charge < -0.3 is 23.7 Å². The van der Waals surface area contributed by atoms with Crippen molar-refractivity contribution in [1.29, 1.82) is 0 Å². The molecule has 4 aliphatic rings. The van der Waals surface area contributed by atoms with E-state index in [2.05, 4.69) is 139 Å². The lowest BCUT2D eigenvalue weighted by molar-refractivity contribution is 0.443. The van der Waals surface area contributed by atoms with Crippen molar-refractivity contribution in [3.05, 3.63) is 150 Å². The zero-order valence-electron chi connectivity index (χ0n) is 28.9. The van der Waals surface area contributed by atoms with Gasteiger partial charge in [0.05, 0.1) is 28.1 Å². The number of fused-ring (bicyclic) bond motifs is 6. The third kappa shape index (κ3) is 3.49. The van der Waals surface area contributed by atoms with Gasteiger partial charge in [-0.2, -0.15) is 0 Å². The molecule has 6 heteroatoms. The molecule has 12 rings (SSSR count). The van der Waals surface area contributed by atoms with E-state index >= 15 is 0 Å². The first-order valence-electron chi connectivity index (χ1n) is 18.0. The van der Waals surface area contributed by atoms with E-state index in [1.807, 2.05) is 24.3 Å². The highest BCUT2D eigenvalue weighted by molar-refractivity contribution is 6.99. The third-order valence-electron chi connectivity index (χ3n) is 11.7. The summed E-state index contributed by atoms with van der Waals surface area (Å²) >= 11 is 0. The number of nitrogens with zero attached hydrogens (tertiary/aromatic N) is 2. The Bertz CT molecular complexity index is 2810. The Morgan fingerprint density at radius 2 is 1.12 bits per heavy atom. The second kappa shape index (κ2) is 9.68. The minimum Gasteiger partial charge on any atom is -0.458 e. The van der Waals surface area contributed by atoms with E-state index in [-0.39, 0.29) is 12.1 Å². The summed E-state index contributed by atoms with van der Waals surface area (Å²) in [5.41, 5.74) is 13.5. The van der Waals surface area contributed by atoms with Crippen molar-refractivity contribution in [2.75, 3.05) is 4.90 Å². The SMILES string of the molecule is Cc1ccc2c(c1)C(C)(C)c1c(ccc3c4ccccc4n(-c4ccccc4)c13)N2c1cc2c3c(c1)Oc1cccc4c1B3c1c(cccc1O2)O4. The number of benzene rings is 7. The van der Waals surface area contributed by atoms with Gasteiger partial charge in [-0.15, -0.1) is 0 Å². The van der Waals surface area contributed by atoms with E-state index in [9.17, 15) is 0 Å². The Balaban J connectivity index is 1.17. The lowest BCUT2D eigenvalue weighted by Gasteiger charge is -2.43. The second-order valence-electron chi connectivity index (χ2n) is 15.0. The number of rotatable bonds is 2. The number of aromatic nitrogens is 1. The van der Waals surface area contributed by atoms with Crippen molar-refractivity contribution in [1.82, 2.24) is 4.57 Å². The van der Waals surface area contributed by atoms with Gasteiger partial charge in [-0.25, -0.2) is 0 Å². The maximum atomic E-state index is 6.81. The van der Waals surface area contributed by atoms with E-state index < -0.39 is 0 Å². The maximum Gasteiger partial charge on any atom is 0.270 e. The number of hydrogen-bond acceptors (Lipinski definition) is 4. The molecule has 0 fully saturated rings. The molecule has 0 saturated carbocycles. The van der Waals surface area contributed by atoms with Crippen LogP contribution in [-0.2, 0) is 5.41 Å². The van der Waals surface area contributed by atoms with Crippen molar-refractivity contribution in [2.24, 2.45) is 0 Å². The molecule has 8 aromatic rings. The Morgan fingerprint density at radius 3 is 1.81 bits per heavy atom. The first-order chi connectivity index (χ1) is 25.5. The zero-order chi connectivity index (χ0) is 34.5. The van der Waals surface area contributed by atoms with E-state index in [1.54, 1.807) is 0 Å². The van der Waals surface area contributed by atoms with Gasteiger partial charge in [0.25, 0.3) is 6.71 Å². The third-order valence-corrected chi connectivity index (χ3v) is 11.7. The molecular formula is C46H31BN2O3. The first kappa shape index (κ1) is 28.3. The largest absolute Gasteiger partial charge is 0.458 e. The van der Waals surface area contributed by atoms with Crippen molar-refractivity contribution in [2.45, 2.75) is 26.2 Å². The summed E-state index contributed by atoms with van der Waals surface area (Å²) < 4.78 is 22.5. The molecule has 0 amide bonds. The van der Waals surface area contributed by atoms with Gasteiger partial charge in [0, 0.05) is 56.0 Å². The maximum absolute atomic E-state index is 6.81. The van der Waals surface area contributed by atoms with Gasteiger partial charge in [-0.3, -0.25) is 0 Å². The van der Waals surface area contributed by atoms with Crippen molar-refractivity contribution < 1.29 is 14.2 Å². The molecule has 0 N–H and O–H groups in total. The van der Waals surface area contributed by atoms with Gasteiger partial charge in [0.1, 0.15) is 34.5 Å². The summed E-state index contributed by atoms with van der Waals surface area (Å²) in [7, 11) is 0. The summed E-state index contributed by atoms with van der Waals surface area (Å²) in [5.74, 6) is 4.94. The van der Waals surface area contributed by atoms with Crippen LogP contribution in [0.3, 0.4) is 0 Å². The highest BCUT2D eigenvalue weighted by Gasteiger charge is 2.47. The molecule has 0 spiro atoms. The Hall–Kier alpha value is -6.40. The molecule has 4 aliphatic heterocycles. The number of anilines is 3. The predicted octanol–water partition coefficient (Wildman–Crippen LogP) is 10.0. The number of para-hydroxylation sites is 2. The molecule has 5 nitrogen and oxygen atoms in total. The highest BCUT2D eigenvalue weighted by Crippen LogP contribution is 2.56. The fourth-order valence-corrected chi connectivity index (χ4v) is 9.51. The molecule has 52 heavy (non-hydrogen) atoms. The number of ether oxygens (including phenoxy) is 3. The van der Waals surface area contributed by atoms with Gasteiger partial charge in [-0.05, 0) is 67.1 Å². The fraction of sp³-hybridized carbons (Fsp3) is 0.0870. The standard InChI is InChI=1S/C46H31BN2O3/c1-26-19-21-33-31(23-26)46(2,3)41-34(22-20-30-29-13-7-8-14-32(29)49(45(30)41)27-11-5-4-6-12-27)48(33)28-24-39-44-40(25-28)52-38-18-10-16-36-43(38)47(44)42-35(50-36)15-9-17-37(42)51-39/h4-25H,1-3H3. The van der Waals surface area contributed by atoms with Crippen LogP contribution in [0, 0.1) is 6.92 Å². The Kier molecular flexibility index (Phi) is 5.27. The van der Waals surface area contributed by atoms with E-state index in [0.29, 0.717) is 0 Å². The molecule has 0 bridgehead atoms. The molecule has 0 radical (unpaired) electrons. The first-order valence-corrected chi connectivity index (χ1v) is 18.0. The van der Waals surface area contributed by atoms with E-state index in [1.165, 1.54) is 38.5 Å². The summed E-state index contributed by atoms with van der Waals surface area (Å²) in [4.78, 5) is 2.42. The van der Waals surface area contributed by atoms with Crippen LogP contribution in [0.5, 0.6) is 34.5 Å². The van der Waals surface area contributed by atoms with Gasteiger partial charge in [0.2, 0.25) is 0 Å². The highest BCUT2D eigenvalue weighted by atomic mass is 16.5. The normalized spacial score (nSPS) is 15.0. The molecule has 0 aliphatic carbocycles. The van der Waals surface area contributed by atoms with Crippen molar-refractivity contribution >= 4 is 62.0 Å². The average Bonchev–Trinajstić information content (AvgIpc) is 3.49. The van der Waals surface area contributed by atoms with Crippen LogP contribution in [0.15, 0.2) is 133 Å². The van der Waals surface area contributed by atoms with Gasteiger partial charge >= 0.3 is 0 Å². The quantitative estimate of drug-likeness (QED) is 0.172. The minimum atomic E-state index is -0.324. The predicted molar refractivity (Wildman–Crippen MR) is 210 cm³/mol. The van der Waals surface area contributed by atoms with Crippen LogP contribution in [0.4, 0.5) is 17.1 Å². The molecule has 0 unspecified atom stereocenters. The van der Waals surface area contributed by atoms with E-state index in [0.717, 1.165) is 73.6 Å². The summed E-state index contributed by atoms with van der Waals surface area (Å²) in [6, 6.07) is 47.7. The Labute approximate surface area is 301 Å². The molecule has 5 heterocycles. The summed E-state index contributed by atoms with van der Waals surface area (Å²) in [5, 5.41) is 2.49. The monoisotopic (exact) mass is 670 g/mol. The van der Waals surface area contributed by atoms with Crippen molar-refractivity contribution in [3.8, 4) is 40.2 Å². The van der Waals surface area contributed by atoms with E-state index in [4.69, 9.17) is 14.2 Å². The number of aryl methyl sites for hydroxylation is 1. The van der Waals surface area contributed by atoms with Gasteiger partial charge in [-0.1, -0.05) is 86.1 Å². The lowest BCUT2D eigenvalue weighted by atomic mass is 9.34.